The Hall–Kier alpha value is -0.840. The molecular formula is C9H9F3OS. The highest BCUT2D eigenvalue weighted by Gasteiger charge is 2.31. The number of alkyl halides is 3. The van der Waals surface area contributed by atoms with Crippen LogP contribution in [-0.4, -0.2) is 6.36 Å². The zero-order valence-electron chi connectivity index (χ0n) is 7.43. The van der Waals surface area contributed by atoms with Crippen molar-refractivity contribution in [2.24, 2.45) is 0 Å². The third-order valence-corrected chi connectivity index (χ3v) is 2.03. The molecule has 0 aliphatic heterocycles. The summed E-state index contributed by atoms with van der Waals surface area (Å²) in [5.74, 6) is -0.250. The van der Waals surface area contributed by atoms with Crippen LogP contribution in [0.1, 0.15) is 12.5 Å². The van der Waals surface area contributed by atoms with E-state index in [9.17, 15) is 13.2 Å². The van der Waals surface area contributed by atoms with Crippen LogP contribution in [0.2, 0.25) is 0 Å². The average Bonchev–Trinajstić information content (AvgIpc) is 2.06. The Bertz CT molecular complexity index is 322. The lowest BCUT2D eigenvalue weighted by atomic mass is 10.2. The van der Waals surface area contributed by atoms with E-state index in [1.165, 1.54) is 12.1 Å². The summed E-state index contributed by atoms with van der Waals surface area (Å²) in [6.07, 6.45) is -4.01. The minimum absolute atomic E-state index is 0.180. The van der Waals surface area contributed by atoms with Gasteiger partial charge in [-0.1, -0.05) is 13.0 Å². The van der Waals surface area contributed by atoms with Crippen LogP contribution in [0, 0.1) is 0 Å². The molecule has 1 aromatic carbocycles. The molecule has 0 radical (unpaired) electrons. The molecule has 0 aliphatic rings. The highest BCUT2D eigenvalue weighted by molar-refractivity contribution is 7.80. The summed E-state index contributed by atoms with van der Waals surface area (Å²) >= 11 is 3.87. The number of hydrogen-bond donors (Lipinski definition) is 1. The van der Waals surface area contributed by atoms with Crippen molar-refractivity contribution in [3.8, 4) is 5.75 Å². The van der Waals surface area contributed by atoms with Gasteiger partial charge >= 0.3 is 6.36 Å². The monoisotopic (exact) mass is 222 g/mol. The zero-order valence-corrected chi connectivity index (χ0v) is 8.32. The van der Waals surface area contributed by atoms with Gasteiger partial charge in [-0.2, -0.15) is 0 Å². The summed E-state index contributed by atoms with van der Waals surface area (Å²) in [6, 6.07) is 4.55. The Kier molecular flexibility index (Phi) is 3.31. The van der Waals surface area contributed by atoms with Gasteiger partial charge < -0.3 is 4.74 Å². The first kappa shape index (κ1) is 11.2. The number of halogens is 3. The second-order valence-electron chi connectivity index (χ2n) is 2.70. The number of thiol groups is 1. The fourth-order valence-electron chi connectivity index (χ4n) is 0.985. The molecule has 0 N–H and O–H groups in total. The second kappa shape index (κ2) is 4.13. The fourth-order valence-corrected chi connectivity index (χ4v) is 1.17. The lowest BCUT2D eigenvalue weighted by molar-refractivity contribution is -0.275. The van der Waals surface area contributed by atoms with Gasteiger partial charge in [-0.25, -0.2) is 0 Å². The molecule has 0 heterocycles. The molecule has 78 valence electrons. The van der Waals surface area contributed by atoms with Crippen molar-refractivity contribution < 1.29 is 17.9 Å². The minimum Gasteiger partial charge on any atom is -0.405 e. The molecule has 0 aliphatic carbocycles. The number of rotatable bonds is 2. The van der Waals surface area contributed by atoms with Gasteiger partial charge in [-0.15, -0.1) is 25.8 Å². The van der Waals surface area contributed by atoms with Crippen molar-refractivity contribution in [3.63, 3.8) is 0 Å². The minimum atomic E-state index is -4.66. The van der Waals surface area contributed by atoms with Crippen molar-refractivity contribution in [2.45, 2.75) is 24.6 Å². The second-order valence-corrected chi connectivity index (χ2v) is 3.19. The van der Waals surface area contributed by atoms with E-state index in [4.69, 9.17) is 0 Å². The molecule has 0 spiro atoms. The predicted molar refractivity (Wildman–Crippen MR) is 49.8 cm³/mol. The van der Waals surface area contributed by atoms with Gasteiger partial charge in [-0.05, 0) is 24.1 Å². The molecule has 1 rings (SSSR count). The number of hydrogen-bond acceptors (Lipinski definition) is 2. The van der Waals surface area contributed by atoms with Crippen LogP contribution in [0.5, 0.6) is 5.75 Å². The SMILES string of the molecule is CCc1ccc(S)c(OC(F)(F)F)c1. The van der Waals surface area contributed by atoms with Crippen LogP contribution < -0.4 is 4.74 Å². The standard InChI is InChI=1S/C9H9F3OS/c1-2-6-3-4-8(14)7(5-6)13-9(10,11)12/h3-5,14H,2H2,1H3. The average molecular weight is 222 g/mol. The Labute approximate surface area is 85.3 Å². The molecule has 0 saturated heterocycles. The number of ether oxygens (including phenoxy) is 1. The van der Waals surface area contributed by atoms with Crippen LogP contribution >= 0.6 is 12.6 Å². The molecule has 5 heteroatoms. The van der Waals surface area contributed by atoms with Gasteiger partial charge in [0.25, 0.3) is 0 Å². The number of benzene rings is 1. The van der Waals surface area contributed by atoms with E-state index in [0.717, 1.165) is 5.56 Å². The summed E-state index contributed by atoms with van der Waals surface area (Å²) in [5.41, 5.74) is 0.780. The number of aryl methyl sites for hydroxylation is 1. The van der Waals surface area contributed by atoms with E-state index in [2.05, 4.69) is 17.4 Å². The van der Waals surface area contributed by atoms with E-state index in [0.29, 0.717) is 6.42 Å². The maximum absolute atomic E-state index is 11.9. The topological polar surface area (TPSA) is 9.23 Å². The van der Waals surface area contributed by atoms with E-state index in [1.807, 2.05) is 6.92 Å². The summed E-state index contributed by atoms with van der Waals surface area (Å²) in [6.45, 7) is 1.85. The molecule has 0 bridgehead atoms. The fraction of sp³-hybridized carbons (Fsp3) is 0.333. The van der Waals surface area contributed by atoms with Crippen LogP contribution in [0.15, 0.2) is 23.1 Å². The predicted octanol–water partition coefficient (Wildman–Crippen LogP) is 3.44. The summed E-state index contributed by atoms with van der Waals surface area (Å²) in [7, 11) is 0. The Morgan fingerprint density at radius 1 is 1.36 bits per heavy atom. The summed E-state index contributed by atoms with van der Waals surface area (Å²) in [4.78, 5) is 0.180. The summed E-state index contributed by atoms with van der Waals surface area (Å²) in [5, 5.41) is 0. The Morgan fingerprint density at radius 2 is 2.00 bits per heavy atom. The van der Waals surface area contributed by atoms with Gasteiger partial charge in [-0.3, -0.25) is 0 Å². The first-order valence-corrected chi connectivity index (χ1v) is 4.44. The van der Waals surface area contributed by atoms with Crippen molar-refractivity contribution in [1.29, 1.82) is 0 Å². The van der Waals surface area contributed by atoms with Crippen molar-refractivity contribution in [2.75, 3.05) is 0 Å². The zero-order chi connectivity index (χ0) is 10.8. The quantitative estimate of drug-likeness (QED) is 0.754. The molecule has 0 fully saturated rings. The third-order valence-electron chi connectivity index (χ3n) is 1.66. The van der Waals surface area contributed by atoms with Crippen LogP contribution in [0.25, 0.3) is 0 Å². The third kappa shape index (κ3) is 3.14. The van der Waals surface area contributed by atoms with Gasteiger partial charge in [0.2, 0.25) is 0 Å². The van der Waals surface area contributed by atoms with Crippen molar-refractivity contribution in [3.05, 3.63) is 23.8 Å². The van der Waals surface area contributed by atoms with E-state index >= 15 is 0 Å². The van der Waals surface area contributed by atoms with Gasteiger partial charge in [0, 0.05) is 4.90 Å². The normalized spacial score (nSPS) is 11.5. The molecule has 0 aromatic heterocycles. The van der Waals surface area contributed by atoms with Crippen molar-refractivity contribution >= 4 is 12.6 Å². The largest absolute Gasteiger partial charge is 0.573 e. The van der Waals surface area contributed by atoms with Crippen LogP contribution in [0.3, 0.4) is 0 Å². The highest BCUT2D eigenvalue weighted by atomic mass is 32.1. The molecule has 0 saturated carbocycles. The smallest absolute Gasteiger partial charge is 0.405 e. The summed E-state index contributed by atoms with van der Waals surface area (Å²) < 4.78 is 39.5. The lowest BCUT2D eigenvalue weighted by Crippen LogP contribution is -2.17. The van der Waals surface area contributed by atoms with Crippen molar-refractivity contribution in [1.82, 2.24) is 0 Å². The highest BCUT2D eigenvalue weighted by Crippen LogP contribution is 2.29. The van der Waals surface area contributed by atoms with Crippen LogP contribution in [-0.2, 0) is 6.42 Å². The van der Waals surface area contributed by atoms with Gasteiger partial charge in [0.05, 0.1) is 0 Å². The van der Waals surface area contributed by atoms with Crippen LogP contribution in [0.4, 0.5) is 13.2 Å². The molecule has 1 nitrogen and oxygen atoms in total. The van der Waals surface area contributed by atoms with Gasteiger partial charge in [0.1, 0.15) is 5.75 Å². The maximum Gasteiger partial charge on any atom is 0.573 e. The van der Waals surface area contributed by atoms with E-state index < -0.39 is 6.36 Å². The molecule has 0 atom stereocenters. The first-order valence-electron chi connectivity index (χ1n) is 4.00. The first-order chi connectivity index (χ1) is 6.42. The molecule has 14 heavy (non-hydrogen) atoms. The molecule has 1 aromatic rings. The van der Waals surface area contributed by atoms with E-state index in [1.54, 1.807) is 6.07 Å². The van der Waals surface area contributed by atoms with Gasteiger partial charge in [0.15, 0.2) is 0 Å². The Balaban J connectivity index is 2.95. The lowest BCUT2D eigenvalue weighted by Gasteiger charge is -2.11. The maximum atomic E-state index is 11.9. The molecule has 0 amide bonds. The molecule has 0 unspecified atom stereocenters. The molecular weight excluding hydrogens is 213 g/mol. The Morgan fingerprint density at radius 3 is 2.50 bits per heavy atom. The van der Waals surface area contributed by atoms with E-state index in [-0.39, 0.29) is 10.6 Å².